The van der Waals surface area contributed by atoms with Crippen molar-refractivity contribution in [2.45, 2.75) is 18.6 Å². The fourth-order valence-electron chi connectivity index (χ4n) is 3.72. The van der Waals surface area contributed by atoms with Crippen molar-refractivity contribution in [1.29, 1.82) is 0 Å². The number of aromatic nitrogens is 3. The molecule has 3 aromatic carbocycles. The molecule has 2 amide bonds. The van der Waals surface area contributed by atoms with Crippen LogP contribution in [-0.4, -0.2) is 39.4 Å². The molecule has 2 N–H and O–H groups in total. The van der Waals surface area contributed by atoms with Crippen molar-refractivity contribution >= 4 is 46.6 Å². The van der Waals surface area contributed by atoms with E-state index in [1.54, 1.807) is 48.5 Å². The Kier molecular flexibility index (Phi) is 8.83. The van der Waals surface area contributed by atoms with Gasteiger partial charge in [0.1, 0.15) is 5.75 Å². The zero-order valence-corrected chi connectivity index (χ0v) is 22.5. The van der Waals surface area contributed by atoms with E-state index in [0.29, 0.717) is 45.2 Å². The number of benzene rings is 3. The van der Waals surface area contributed by atoms with E-state index >= 15 is 0 Å². The lowest BCUT2D eigenvalue weighted by Crippen LogP contribution is -2.16. The highest BCUT2D eigenvalue weighted by atomic mass is 35.5. The number of hydrogen-bond donors (Lipinski definition) is 2. The standard InChI is InChI=1S/C28H26ClN5O3S/c1-4-14-34-26(20-12-8-9-13-21(20)29)32-33-28(34)38-17-25(35)30-23-15-18(2)22(16-24(23)37-3)31-27(36)19-10-6-5-7-11-19/h4-13,15-16H,1,14,17H2,2-3H3,(H,30,35)(H,31,36). The fourth-order valence-corrected chi connectivity index (χ4v) is 4.69. The van der Waals surface area contributed by atoms with Gasteiger partial charge in [-0.15, -0.1) is 16.8 Å². The van der Waals surface area contributed by atoms with Gasteiger partial charge in [-0.2, -0.15) is 0 Å². The van der Waals surface area contributed by atoms with Crippen LogP contribution in [0.4, 0.5) is 11.4 Å². The molecule has 8 nitrogen and oxygen atoms in total. The summed E-state index contributed by atoms with van der Waals surface area (Å²) in [6, 6.07) is 19.8. The summed E-state index contributed by atoms with van der Waals surface area (Å²) >= 11 is 7.61. The first-order valence-corrected chi connectivity index (χ1v) is 13.0. The Hall–Kier alpha value is -4.08. The number of rotatable bonds is 10. The minimum absolute atomic E-state index is 0.0898. The zero-order valence-electron chi connectivity index (χ0n) is 20.9. The van der Waals surface area contributed by atoms with E-state index in [1.165, 1.54) is 18.9 Å². The number of thioether (sulfide) groups is 1. The summed E-state index contributed by atoms with van der Waals surface area (Å²) < 4.78 is 7.35. The number of carbonyl (C=O) groups is 2. The highest BCUT2D eigenvalue weighted by molar-refractivity contribution is 7.99. The van der Waals surface area contributed by atoms with Gasteiger partial charge in [0.25, 0.3) is 5.91 Å². The van der Waals surface area contributed by atoms with Crippen LogP contribution in [0.2, 0.25) is 5.02 Å². The molecule has 10 heteroatoms. The second kappa shape index (κ2) is 12.4. The smallest absolute Gasteiger partial charge is 0.255 e. The lowest BCUT2D eigenvalue weighted by Gasteiger charge is -2.15. The average molecular weight is 548 g/mol. The van der Waals surface area contributed by atoms with Gasteiger partial charge in [-0.25, -0.2) is 0 Å². The van der Waals surface area contributed by atoms with Gasteiger partial charge in [0, 0.05) is 29.4 Å². The Balaban J connectivity index is 1.46. The zero-order chi connectivity index (χ0) is 27.1. The molecule has 0 bridgehead atoms. The maximum atomic E-state index is 12.9. The van der Waals surface area contributed by atoms with Crippen LogP contribution < -0.4 is 15.4 Å². The van der Waals surface area contributed by atoms with Crippen molar-refractivity contribution in [3.63, 3.8) is 0 Å². The number of hydrogen-bond acceptors (Lipinski definition) is 6. The van der Waals surface area contributed by atoms with E-state index < -0.39 is 0 Å². The Bertz CT molecular complexity index is 1470. The summed E-state index contributed by atoms with van der Waals surface area (Å²) in [5.74, 6) is 0.633. The summed E-state index contributed by atoms with van der Waals surface area (Å²) in [5, 5.41) is 15.5. The maximum absolute atomic E-state index is 12.9. The summed E-state index contributed by atoms with van der Waals surface area (Å²) in [4.78, 5) is 25.4. The van der Waals surface area contributed by atoms with Gasteiger partial charge in [0.15, 0.2) is 11.0 Å². The molecule has 0 fully saturated rings. The summed E-state index contributed by atoms with van der Waals surface area (Å²) in [5.41, 5.74) is 3.15. The Morgan fingerprint density at radius 3 is 2.50 bits per heavy atom. The predicted octanol–water partition coefficient (Wildman–Crippen LogP) is 6.08. The normalized spacial score (nSPS) is 10.6. The molecule has 1 heterocycles. The van der Waals surface area contributed by atoms with E-state index in [1.807, 2.05) is 35.8 Å². The quantitative estimate of drug-likeness (QED) is 0.184. The number of halogens is 1. The molecular formula is C28H26ClN5O3S. The number of nitrogens with one attached hydrogen (secondary N) is 2. The van der Waals surface area contributed by atoms with Gasteiger partial charge in [-0.05, 0) is 42.8 Å². The topological polar surface area (TPSA) is 98.1 Å². The third kappa shape index (κ3) is 6.24. The van der Waals surface area contributed by atoms with Crippen LogP contribution in [-0.2, 0) is 11.3 Å². The summed E-state index contributed by atoms with van der Waals surface area (Å²) in [6.07, 6.45) is 1.74. The number of methoxy groups -OCH3 is 1. The van der Waals surface area contributed by atoms with Gasteiger partial charge < -0.3 is 15.4 Å². The van der Waals surface area contributed by atoms with Gasteiger partial charge in [-0.3, -0.25) is 14.2 Å². The number of carbonyl (C=O) groups excluding carboxylic acids is 2. The molecule has 4 rings (SSSR count). The molecule has 0 aliphatic rings. The minimum Gasteiger partial charge on any atom is -0.494 e. The highest BCUT2D eigenvalue weighted by Crippen LogP contribution is 2.33. The Morgan fingerprint density at radius 1 is 1.05 bits per heavy atom. The first-order valence-electron chi connectivity index (χ1n) is 11.7. The van der Waals surface area contributed by atoms with Crippen molar-refractivity contribution < 1.29 is 14.3 Å². The second-order valence-electron chi connectivity index (χ2n) is 8.21. The predicted molar refractivity (Wildman–Crippen MR) is 152 cm³/mol. The van der Waals surface area contributed by atoms with E-state index in [9.17, 15) is 9.59 Å². The Labute approximate surface area is 230 Å². The van der Waals surface area contributed by atoms with Crippen LogP contribution in [0.3, 0.4) is 0 Å². The van der Waals surface area contributed by atoms with Gasteiger partial charge in [0.2, 0.25) is 5.91 Å². The molecule has 194 valence electrons. The van der Waals surface area contributed by atoms with Crippen LogP contribution in [0.1, 0.15) is 15.9 Å². The minimum atomic E-state index is -0.249. The average Bonchev–Trinajstić information content (AvgIpc) is 3.32. The summed E-state index contributed by atoms with van der Waals surface area (Å²) in [7, 11) is 1.51. The summed E-state index contributed by atoms with van der Waals surface area (Å²) in [6.45, 7) is 6.12. The van der Waals surface area contributed by atoms with Gasteiger partial charge in [0.05, 0.1) is 23.6 Å². The van der Waals surface area contributed by atoms with Crippen molar-refractivity contribution in [2.24, 2.45) is 0 Å². The van der Waals surface area contributed by atoms with Crippen molar-refractivity contribution in [2.75, 3.05) is 23.5 Å². The number of nitrogens with zero attached hydrogens (tertiary/aromatic N) is 3. The number of anilines is 2. The second-order valence-corrected chi connectivity index (χ2v) is 9.56. The number of allylic oxidation sites excluding steroid dienone is 1. The monoisotopic (exact) mass is 547 g/mol. The number of amides is 2. The van der Waals surface area contributed by atoms with Crippen LogP contribution in [0, 0.1) is 6.92 Å². The first kappa shape index (κ1) is 27.0. The van der Waals surface area contributed by atoms with E-state index in [4.69, 9.17) is 16.3 Å². The third-order valence-corrected chi connectivity index (χ3v) is 6.88. The molecule has 0 spiro atoms. The molecule has 1 aromatic heterocycles. The Morgan fingerprint density at radius 2 is 1.79 bits per heavy atom. The van der Waals surface area contributed by atoms with E-state index in [2.05, 4.69) is 27.4 Å². The van der Waals surface area contributed by atoms with Crippen LogP contribution in [0.5, 0.6) is 5.75 Å². The molecule has 0 atom stereocenters. The fraction of sp³-hybridized carbons (Fsp3) is 0.143. The molecule has 0 unspecified atom stereocenters. The first-order chi connectivity index (χ1) is 18.4. The molecule has 38 heavy (non-hydrogen) atoms. The third-order valence-electron chi connectivity index (χ3n) is 5.58. The van der Waals surface area contributed by atoms with Crippen LogP contribution in [0.15, 0.2) is 84.5 Å². The number of ether oxygens (including phenoxy) is 1. The lowest BCUT2D eigenvalue weighted by atomic mass is 10.1. The molecule has 0 saturated carbocycles. The maximum Gasteiger partial charge on any atom is 0.255 e. The lowest BCUT2D eigenvalue weighted by molar-refractivity contribution is -0.113. The van der Waals surface area contributed by atoms with Crippen molar-refractivity contribution in [1.82, 2.24) is 14.8 Å². The molecular weight excluding hydrogens is 522 g/mol. The SMILES string of the molecule is C=CCn1c(SCC(=O)Nc2cc(C)c(NC(=O)c3ccccc3)cc2OC)nnc1-c1ccccc1Cl. The van der Waals surface area contributed by atoms with Gasteiger partial charge >= 0.3 is 0 Å². The van der Waals surface area contributed by atoms with E-state index in [-0.39, 0.29) is 17.6 Å². The molecule has 0 aliphatic heterocycles. The molecule has 0 aliphatic carbocycles. The van der Waals surface area contributed by atoms with E-state index in [0.717, 1.165) is 11.1 Å². The molecule has 0 saturated heterocycles. The van der Waals surface area contributed by atoms with Gasteiger partial charge in [-0.1, -0.05) is 59.8 Å². The molecule has 4 aromatic rings. The van der Waals surface area contributed by atoms with Crippen molar-refractivity contribution in [3.05, 3.63) is 95.5 Å². The molecule has 0 radical (unpaired) electrons. The van der Waals surface area contributed by atoms with Crippen LogP contribution in [0.25, 0.3) is 11.4 Å². The highest BCUT2D eigenvalue weighted by Gasteiger charge is 2.18. The van der Waals surface area contributed by atoms with Crippen LogP contribution >= 0.6 is 23.4 Å². The number of aryl methyl sites for hydroxylation is 1. The van der Waals surface area contributed by atoms with Crippen molar-refractivity contribution in [3.8, 4) is 17.1 Å². The largest absolute Gasteiger partial charge is 0.494 e.